The molecule has 86 valence electrons. The van der Waals surface area contributed by atoms with Crippen molar-refractivity contribution in [1.82, 2.24) is 4.90 Å². The van der Waals surface area contributed by atoms with E-state index < -0.39 is 0 Å². The van der Waals surface area contributed by atoms with Crippen molar-refractivity contribution in [2.75, 3.05) is 13.1 Å². The van der Waals surface area contributed by atoms with Crippen LogP contribution in [0.3, 0.4) is 0 Å². The first-order valence-corrected chi connectivity index (χ1v) is 6.88. The Balaban J connectivity index is 1.67. The standard InChI is InChI=1S/C14H25N/c1-10-5-7-14(10)6-4-8-15(9-14)13-11(2)12(13)3/h10-13H,4-9H2,1-3H3/t10-,11+,12?,13?,14?/m0/s1. The molecule has 1 aliphatic heterocycles. The van der Waals surface area contributed by atoms with Crippen molar-refractivity contribution in [2.45, 2.75) is 52.5 Å². The highest BCUT2D eigenvalue weighted by Gasteiger charge is 2.53. The Kier molecular flexibility index (Phi) is 2.18. The number of hydrogen-bond donors (Lipinski definition) is 0. The fourth-order valence-corrected chi connectivity index (χ4v) is 4.20. The molecule has 0 radical (unpaired) electrons. The lowest BCUT2D eigenvalue weighted by Gasteiger charge is -2.54. The molecule has 3 fully saturated rings. The summed E-state index contributed by atoms with van der Waals surface area (Å²) in [6, 6.07) is 0.940. The van der Waals surface area contributed by atoms with E-state index in [-0.39, 0.29) is 0 Å². The average Bonchev–Trinajstić information content (AvgIpc) is 2.85. The molecular weight excluding hydrogens is 182 g/mol. The van der Waals surface area contributed by atoms with Crippen molar-refractivity contribution in [3.05, 3.63) is 0 Å². The van der Waals surface area contributed by atoms with Crippen LogP contribution in [-0.2, 0) is 0 Å². The lowest BCUT2D eigenvalue weighted by atomic mass is 9.57. The van der Waals surface area contributed by atoms with Crippen LogP contribution < -0.4 is 0 Å². The van der Waals surface area contributed by atoms with Crippen LogP contribution in [0.1, 0.15) is 46.5 Å². The van der Waals surface area contributed by atoms with Gasteiger partial charge in [0.05, 0.1) is 0 Å². The minimum Gasteiger partial charge on any atom is -0.299 e. The molecule has 3 aliphatic rings. The van der Waals surface area contributed by atoms with E-state index in [0.29, 0.717) is 0 Å². The fourth-order valence-electron chi connectivity index (χ4n) is 4.20. The van der Waals surface area contributed by atoms with Crippen LogP contribution in [-0.4, -0.2) is 24.0 Å². The summed E-state index contributed by atoms with van der Waals surface area (Å²) in [4.78, 5) is 2.83. The maximum Gasteiger partial charge on any atom is 0.0153 e. The van der Waals surface area contributed by atoms with Crippen molar-refractivity contribution in [2.24, 2.45) is 23.2 Å². The van der Waals surface area contributed by atoms with Gasteiger partial charge in [0.1, 0.15) is 0 Å². The zero-order chi connectivity index (χ0) is 10.6. The van der Waals surface area contributed by atoms with Gasteiger partial charge in [0.15, 0.2) is 0 Å². The summed E-state index contributed by atoms with van der Waals surface area (Å²) >= 11 is 0. The van der Waals surface area contributed by atoms with Gasteiger partial charge in [-0.15, -0.1) is 0 Å². The molecule has 15 heavy (non-hydrogen) atoms. The third-order valence-corrected chi connectivity index (χ3v) is 5.95. The second-order valence-electron chi connectivity index (χ2n) is 6.58. The maximum atomic E-state index is 2.83. The van der Waals surface area contributed by atoms with Gasteiger partial charge in [-0.3, -0.25) is 4.90 Å². The van der Waals surface area contributed by atoms with Crippen LogP contribution in [0, 0.1) is 23.2 Å². The van der Waals surface area contributed by atoms with Gasteiger partial charge >= 0.3 is 0 Å². The lowest BCUT2D eigenvalue weighted by molar-refractivity contribution is -0.0395. The molecule has 5 atom stereocenters. The van der Waals surface area contributed by atoms with Gasteiger partial charge in [-0.05, 0) is 55.4 Å². The Morgan fingerprint density at radius 2 is 1.80 bits per heavy atom. The summed E-state index contributed by atoms with van der Waals surface area (Å²) in [5.74, 6) is 2.94. The van der Waals surface area contributed by atoms with Crippen LogP contribution in [0.2, 0.25) is 0 Å². The van der Waals surface area contributed by atoms with Crippen LogP contribution in [0.25, 0.3) is 0 Å². The van der Waals surface area contributed by atoms with Gasteiger partial charge in [-0.2, -0.15) is 0 Å². The maximum absolute atomic E-state index is 2.83. The second-order valence-corrected chi connectivity index (χ2v) is 6.58. The number of hydrogen-bond acceptors (Lipinski definition) is 1. The second kappa shape index (κ2) is 3.23. The molecule has 3 rings (SSSR count). The van der Waals surface area contributed by atoms with Gasteiger partial charge < -0.3 is 0 Å². The van der Waals surface area contributed by atoms with Crippen molar-refractivity contribution >= 4 is 0 Å². The first kappa shape index (κ1) is 10.1. The van der Waals surface area contributed by atoms with Crippen molar-refractivity contribution in [3.63, 3.8) is 0 Å². The SMILES string of the molecule is CC1C(N2CCCC3(CC[C@@H]3C)C2)[C@@H]1C. The monoisotopic (exact) mass is 207 g/mol. The third kappa shape index (κ3) is 1.39. The topological polar surface area (TPSA) is 3.24 Å². The summed E-state index contributed by atoms with van der Waals surface area (Å²) in [7, 11) is 0. The summed E-state index contributed by atoms with van der Waals surface area (Å²) < 4.78 is 0. The summed E-state index contributed by atoms with van der Waals surface area (Å²) in [5.41, 5.74) is 0.750. The molecule has 1 heteroatoms. The van der Waals surface area contributed by atoms with E-state index in [1.165, 1.54) is 38.8 Å². The van der Waals surface area contributed by atoms with E-state index in [1.807, 2.05) is 0 Å². The summed E-state index contributed by atoms with van der Waals surface area (Å²) in [5, 5.41) is 0. The summed E-state index contributed by atoms with van der Waals surface area (Å²) in [6.07, 6.45) is 5.98. The van der Waals surface area contributed by atoms with Gasteiger partial charge in [-0.1, -0.05) is 20.8 Å². The van der Waals surface area contributed by atoms with Crippen LogP contribution in [0.5, 0.6) is 0 Å². The largest absolute Gasteiger partial charge is 0.299 e. The molecule has 0 aromatic carbocycles. The average molecular weight is 207 g/mol. The van der Waals surface area contributed by atoms with Crippen molar-refractivity contribution in [3.8, 4) is 0 Å². The molecule has 2 aliphatic carbocycles. The van der Waals surface area contributed by atoms with Gasteiger partial charge in [0, 0.05) is 12.6 Å². The Labute approximate surface area is 94.2 Å². The first-order chi connectivity index (χ1) is 7.14. The predicted octanol–water partition coefficient (Wildman–Crippen LogP) is 3.15. The Morgan fingerprint density at radius 1 is 1.07 bits per heavy atom. The first-order valence-electron chi connectivity index (χ1n) is 6.88. The smallest absolute Gasteiger partial charge is 0.0153 e. The Bertz CT molecular complexity index is 254. The number of likely N-dealkylation sites (tertiary alicyclic amines) is 1. The zero-order valence-electron chi connectivity index (χ0n) is 10.5. The molecule has 2 saturated carbocycles. The molecule has 1 spiro atoms. The van der Waals surface area contributed by atoms with E-state index >= 15 is 0 Å². The highest BCUT2D eigenvalue weighted by molar-refractivity contribution is 5.05. The van der Waals surface area contributed by atoms with E-state index in [4.69, 9.17) is 0 Å². The lowest BCUT2D eigenvalue weighted by Crippen LogP contribution is -2.52. The highest BCUT2D eigenvalue weighted by atomic mass is 15.2. The fraction of sp³-hybridized carbons (Fsp3) is 1.00. The van der Waals surface area contributed by atoms with E-state index in [9.17, 15) is 0 Å². The minimum absolute atomic E-state index is 0.750. The number of rotatable bonds is 1. The molecule has 1 heterocycles. The zero-order valence-corrected chi connectivity index (χ0v) is 10.5. The van der Waals surface area contributed by atoms with Crippen LogP contribution in [0.4, 0.5) is 0 Å². The molecule has 0 aromatic rings. The van der Waals surface area contributed by atoms with Gasteiger partial charge in [0.2, 0.25) is 0 Å². The van der Waals surface area contributed by atoms with Crippen LogP contribution >= 0.6 is 0 Å². The Morgan fingerprint density at radius 3 is 2.27 bits per heavy atom. The minimum atomic E-state index is 0.750. The van der Waals surface area contributed by atoms with Crippen molar-refractivity contribution in [1.29, 1.82) is 0 Å². The molecule has 3 unspecified atom stereocenters. The molecule has 0 N–H and O–H groups in total. The number of piperidine rings is 1. The molecule has 0 bridgehead atoms. The molecule has 1 saturated heterocycles. The van der Waals surface area contributed by atoms with Crippen LogP contribution in [0.15, 0.2) is 0 Å². The van der Waals surface area contributed by atoms with E-state index in [1.54, 1.807) is 0 Å². The van der Waals surface area contributed by atoms with Gasteiger partial charge in [0.25, 0.3) is 0 Å². The van der Waals surface area contributed by atoms with E-state index in [2.05, 4.69) is 25.7 Å². The Hall–Kier alpha value is -0.0400. The molecule has 1 nitrogen and oxygen atoms in total. The number of nitrogens with zero attached hydrogens (tertiary/aromatic N) is 1. The summed E-state index contributed by atoms with van der Waals surface area (Å²) in [6.45, 7) is 10.1. The molecule has 0 amide bonds. The normalized spacial score (nSPS) is 55.4. The molecule has 0 aromatic heterocycles. The highest BCUT2D eigenvalue weighted by Crippen LogP contribution is 2.54. The third-order valence-electron chi connectivity index (χ3n) is 5.95. The van der Waals surface area contributed by atoms with Gasteiger partial charge in [-0.25, -0.2) is 0 Å². The van der Waals surface area contributed by atoms with E-state index in [0.717, 1.165) is 29.2 Å². The predicted molar refractivity (Wildman–Crippen MR) is 63.8 cm³/mol. The molecular formula is C14H25N. The van der Waals surface area contributed by atoms with Crippen molar-refractivity contribution < 1.29 is 0 Å². The quantitative estimate of drug-likeness (QED) is 0.638.